The fourth-order valence-electron chi connectivity index (χ4n) is 3.53. The summed E-state index contributed by atoms with van der Waals surface area (Å²) in [6.07, 6.45) is 13.0. The van der Waals surface area contributed by atoms with Crippen molar-refractivity contribution in [1.82, 2.24) is 10.7 Å². The minimum atomic E-state index is 0.466. The summed E-state index contributed by atoms with van der Waals surface area (Å²) in [5.74, 6) is 7.35. The van der Waals surface area contributed by atoms with Gasteiger partial charge in [-0.15, -0.1) is 0 Å². The van der Waals surface area contributed by atoms with E-state index in [1.165, 1.54) is 64.2 Å². The molecule has 2 fully saturated rings. The van der Waals surface area contributed by atoms with Gasteiger partial charge in [0.15, 0.2) is 0 Å². The van der Waals surface area contributed by atoms with Gasteiger partial charge in [-0.2, -0.15) is 0 Å². The van der Waals surface area contributed by atoms with Gasteiger partial charge in [0.25, 0.3) is 0 Å². The Labute approximate surface area is 117 Å². The third-order valence-corrected chi connectivity index (χ3v) is 4.66. The number of hydrogen-bond donors (Lipinski definition) is 3. The first kappa shape index (κ1) is 14.6. The van der Waals surface area contributed by atoms with Gasteiger partial charge in [-0.1, -0.05) is 32.6 Å². The smallest absolute Gasteiger partial charge is 0.206 e. The average Bonchev–Trinajstić information content (AvgIpc) is 2.93. The highest BCUT2D eigenvalue weighted by molar-refractivity contribution is 5.79. The van der Waals surface area contributed by atoms with Crippen LogP contribution in [-0.2, 0) is 0 Å². The third-order valence-electron chi connectivity index (χ3n) is 4.66. The maximum Gasteiger partial charge on any atom is 0.206 e. The second kappa shape index (κ2) is 7.73. The van der Waals surface area contributed by atoms with Gasteiger partial charge < -0.3 is 5.32 Å². The Morgan fingerprint density at radius 1 is 1.11 bits per heavy atom. The highest BCUT2D eigenvalue weighted by Gasteiger charge is 2.21. The zero-order valence-electron chi connectivity index (χ0n) is 12.3. The minimum absolute atomic E-state index is 0.466. The summed E-state index contributed by atoms with van der Waals surface area (Å²) in [6, 6.07) is 1.04. The van der Waals surface area contributed by atoms with Gasteiger partial charge in [0.1, 0.15) is 0 Å². The van der Waals surface area contributed by atoms with Crippen LogP contribution in [0.4, 0.5) is 0 Å². The summed E-state index contributed by atoms with van der Waals surface area (Å²) in [5.41, 5.74) is 2.75. The van der Waals surface area contributed by atoms with E-state index < -0.39 is 0 Å². The molecule has 110 valence electrons. The summed E-state index contributed by atoms with van der Waals surface area (Å²) < 4.78 is 0. The molecule has 0 unspecified atom stereocenters. The van der Waals surface area contributed by atoms with Crippen molar-refractivity contribution < 1.29 is 0 Å². The summed E-state index contributed by atoms with van der Waals surface area (Å²) in [7, 11) is 0. The van der Waals surface area contributed by atoms with Crippen molar-refractivity contribution in [2.45, 2.75) is 83.2 Å². The Morgan fingerprint density at radius 2 is 1.79 bits per heavy atom. The van der Waals surface area contributed by atoms with Gasteiger partial charge in [0, 0.05) is 6.04 Å². The van der Waals surface area contributed by atoms with Gasteiger partial charge in [0.2, 0.25) is 5.96 Å². The first-order chi connectivity index (χ1) is 9.31. The molecule has 0 aliphatic heterocycles. The quantitative estimate of drug-likeness (QED) is 0.317. The molecular weight excluding hydrogens is 236 g/mol. The third kappa shape index (κ3) is 4.68. The lowest BCUT2D eigenvalue weighted by Gasteiger charge is -2.27. The molecule has 0 spiro atoms. The molecule has 2 saturated carbocycles. The molecule has 0 aromatic heterocycles. The van der Waals surface area contributed by atoms with Crippen LogP contribution >= 0.6 is 0 Å². The topological polar surface area (TPSA) is 62.4 Å². The molecule has 2 aliphatic rings. The van der Waals surface area contributed by atoms with E-state index in [1.807, 2.05) is 0 Å². The van der Waals surface area contributed by atoms with Crippen LogP contribution in [-0.4, -0.2) is 18.0 Å². The Hall–Kier alpha value is -0.770. The summed E-state index contributed by atoms with van der Waals surface area (Å²) in [6.45, 7) is 2.28. The van der Waals surface area contributed by atoms with Crippen LogP contribution in [0.15, 0.2) is 4.99 Å². The number of nitrogens with two attached hydrogens (primary N) is 1. The number of hydrazine groups is 1. The monoisotopic (exact) mass is 266 g/mol. The fraction of sp³-hybridized carbons (Fsp3) is 0.933. The van der Waals surface area contributed by atoms with Gasteiger partial charge in [-0.25, -0.2) is 10.8 Å². The Bertz CT molecular complexity index is 276. The van der Waals surface area contributed by atoms with Crippen molar-refractivity contribution in [3.8, 4) is 0 Å². The standard InChI is InChI=1S/C15H30N4/c1-2-5-12-8-10-14(11-9-12)18-15(19-16)17-13-6-3-4-7-13/h12-14H,2-11,16H2,1H3,(H2,17,18,19). The van der Waals surface area contributed by atoms with Crippen molar-refractivity contribution in [3.05, 3.63) is 0 Å². The molecule has 0 aromatic rings. The van der Waals surface area contributed by atoms with Crippen molar-refractivity contribution >= 4 is 5.96 Å². The van der Waals surface area contributed by atoms with Gasteiger partial charge in [-0.05, 0) is 44.4 Å². The molecule has 0 amide bonds. The number of rotatable bonds is 4. The molecule has 4 N–H and O–H groups in total. The maximum atomic E-state index is 5.60. The van der Waals surface area contributed by atoms with Crippen molar-refractivity contribution in [2.75, 3.05) is 0 Å². The van der Waals surface area contributed by atoms with E-state index in [0.717, 1.165) is 11.9 Å². The molecule has 0 atom stereocenters. The molecule has 0 heterocycles. The van der Waals surface area contributed by atoms with Crippen LogP contribution in [0.5, 0.6) is 0 Å². The Balaban J connectivity index is 1.78. The molecule has 2 aliphatic carbocycles. The van der Waals surface area contributed by atoms with Crippen LogP contribution in [0.3, 0.4) is 0 Å². The lowest BCUT2D eigenvalue weighted by atomic mass is 9.84. The number of guanidine groups is 1. The van der Waals surface area contributed by atoms with Crippen molar-refractivity contribution in [3.63, 3.8) is 0 Å². The SMILES string of the molecule is CCCC1CCC(N=C(NN)NC2CCCC2)CC1. The van der Waals surface area contributed by atoms with Gasteiger partial charge >= 0.3 is 0 Å². The number of nitrogens with zero attached hydrogens (tertiary/aromatic N) is 1. The number of nitrogens with one attached hydrogen (secondary N) is 2. The lowest BCUT2D eigenvalue weighted by molar-refractivity contribution is 0.309. The molecule has 0 bridgehead atoms. The molecule has 19 heavy (non-hydrogen) atoms. The highest BCUT2D eigenvalue weighted by Crippen LogP contribution is 2.29. The van der Waals surface area contributed by atoms with E-state index in [4.69, 9.17) is 10.8 Å². The molecule has 0 saturated heterocycles. The molecule has 0 radical (unpaired) electrons. The Kier molecular flexibility index (Phi) is 5.95. The normalized spacial score (nSPS) is 29.5. The fourth-order valence-corrected chi connectivity index (χ4v) is 3.53. The molecular formula is C15H30N4. The van der Waals surface area contributed by atoms with E-state index in [-0.39, 0.29) is 0 Å². The predicted molar refractivity (Wildman–Crippen MR) is 80.8 cm³/mol. The summed E-state index contributed by atoms with van der Waals surface area (Å²) >= 11 is 0. The second-order valence-corrected chi connectivity index (χ2v) is 6.21. The van der Waals surface area contributed by atoms with Gasteiger partial charge in [0.05, 0.1) is 6.04 Å². The van der Waals surface area contributed by atoms with Crippen molar-refractivity contribution in [1.29, 1.82) is 0 Å². The average molecular weight is 266 g/mol. The van der Waals surface area contributed by atoms with Crippen LogP contribution in [0.25, 0.3) is 0 Å². The molecule has 0 aromatic carbocycles. The molecule has 2 rings (SSSR count). The molecule has 4 heteroatoms. The number of hydrogen-bond acceptors (Lipinski definition) is 2. The molecule has 4 nitrogen and oxygen atoms in total. The second-order valence-electron chi connectivity index (χ2n) is 6.21. The summed E-state index contributed by atoms with van der Waals surface area (Å²) in [5, 5.41) is 3.46. The zero-order valence-corrected chi connectivity index (χ0v) is 12.3. The number of aliphatic imine (C=N–C) groups is 1. The van der Waals surface area contributed by atoms with Crippen LogP contribution in [0, 0.1) is 5.92 Å². The lowest BCUT2D eigenvalue weighted by Crippen LogP contribution is -2.46. The van der Waals surface area contributed by atoms with E-state index in [2.05, 4.69) is 17.7 Å². The predicted octanol–water partition coefficient (Wildman–Crippen LogP) is 2.70. The van der Waals surface area contributed by atoms with E-state index >= 15 is 0 Å². The van der Waals surface area contributed by atoms with Crippen LogP contribution < -0.4 is 16.6 Å². The van der Waals surface area contributed by atoms with E-state index in [0.29, 0.717) is 12.1 Å². The maximum absolute atomic E-state index is 5.60. The minimum Gasteiger partial charge on any atom is -0.353 e. The zero-order chi connectivity index (χ0) is 13.5. The first-order valence-electron chi connectivity index (χ1n) is 8.12. The van der Waals surface area contributed by atoms with Crippen molar-refractivity contribution in [2.24, 2.45) is 16.8 Å². The Morgan fingerprint density at radius 3 is 2.37 bits per heavy atom. The highest BCUT2D eigenvalue weighted by atomic mass is 15.3. The van der Waals surface area contributed by atoms with Crippen LogP contribution in [0.1, 0.15) is 71.1 Å². The van der Waals surface area contributed by atoms with E-state index in [1.54, 1.807) is 0 Å². The van der Waals surface area contributed by atoms with Crippen LogP contribution in [0.2, 0.25) is 0 Å². The first-order valence-corrected chi connectivity index (χ1v) is 8.12. The largest absolute Gasteiger partial charge is 0.353 e. The van der Waals surface area contributed by atoms with Gasteiger partial charge in [-0.3, -0.25) is 5.43 Å². The van der Waals surface area contributed by atoms with E-state index in [9.17, 15) is 0 Å². The summed E-state index contributed by atoms with van der Waals surface area (Å²) in [4.78, 5) is 4.78.